The second kappa shape index (κ2) is 11.2. The van der Waals surface area contributed by atoms with Gasteiger partial charge in [0, 0.05) is 28.7 Å². The maximum atomic E-state index is 5.72. The monoisotopic (exact) mass is 603 g/mol. The van der Waals surface area contributed by atoms with E-state index in [1.165, 1.54) is 11.1 Å². The van der Waals surface area contributed by atoms with Crippen LogP contribution < -0.4 is 18.9 Å². The molecule has 8 heteroatoms. The van der Waals surface area contributed by atoms with Crippen LogP contribution in [0.5, 0.6) is 23.0 Å². The number of likely N-dealkylation sites (tertiary alicyclic amines) is 1. The summed E-state index contributed by atoms with van der Waals surface area (Å²) in [4.78, 5) is 2.52. The van der Waals surface area contributed by atoms with E-state index in [2.05, 4.69) is 74.5 Å². The van der Waals surface area contributed by atoms with Crippen molar-refractivity contribution in [3.05, 3.63) is 70.2 Å². The quantitative estimate of drug-likeness (QED) is 0.119. The molecule has 0 aliphatic carbocycles. The Morgan fingerprint density at radius 1 is 0.825 bits per heavy atom. The Morgan fingerprint density at radius 2 is 1.40 bits per heavy atom. The molecule has 1 unspecified atom stereocenters. The van der Waals surface area contributed by atoms with Crippen LogP contribution in [0.25, 0.3) is 21.5 Å². The normalized spacial score (nSPS) is 19.1. The van der Waals surface area contributed by atoms with Gasteiger partial charge in [0.05, 0.1) is 41.0 Å². The lowest BCUT2D eigenvalue weighted by Gasteiger charge is -2.25. The summed E-state index contributed by atoms with van der Waals surface area (Å²) in [5.41, 5.74) is 2.52. The predicted molar refractivity (Wildman–Crippen MR) is 163 cm³/mol. The van der Waals surface area contributed by atoms with Crippen LogP contribution in [0.2, 0.25) is 0 Å². The third-order valence-corrected chi connectivity index (χ3v) is 9.00. The fraction of sp³-hybridized carbons (Fsp3) is 0.344. The van der Waals surface area contributed by atoms with Crippen LogP contribution in [0.15, 0.2) is 64.2 Å². The Kier molecular flexibility index (Phi) is 7.47. The molecule has 4 aromatic carbocycles. The number of benzene rings is 4. The molecule has 0 saturated carbocycles. The molecule has 2 fully saturated rings. The van der Waals surface area contributed by atoms with Gasteiger partial charge in [-0.15, -0.1) is 0 Å². The number of ether oxygens (including phenoxy) is 4. The first-order chi connectivity index (χ1) is 19.6. The number of nitrogens with zero attached hydrogens (tertiary/aromatic N) is 3. The van der Waals surface area contributed by atoms with E-state index < -0.39 is 0 Å². The average Bonchev–Trinajstić information content (AvgIpc) is 3.65. The summed E-state index contributed by atoms with van der Waals surface area (Å²) in [5, 5.41) is 11.4. The van der Waals surface area contributed by atoms with Gasteiger partial charge in [-0.05, 0) is 86.9 Å². The number of methoxy groups -OCH3 is 4. The van der Waals surface area contributed by atoms with Crippen LogP contribution in [0, 0.1) is 0 Å². The molecule has 208 valence electrons. The van der Waals surface area contributed by atoms with Gasteiger partial charge in [0.2, 0.25) is 0 Å². The van der Waals surface area contributed by atoms with Crippen LogP contribution in [0.3, 0.4) is 0 Å². The van der Waals surface area contributed by atoms with Crippen LogP contribution >= 0.6 is 15.9 Å². The SMILES string of the molecule is COc1cc2c(Br)c(CN3CCC[C@H]3/C=N/N3CC3c3ccccc3)c3cc(OC)c(OC)cc3c2cc1OC. The molecule has 6 rings (SSSR count). The molecule has 2 saturated heterocycles. The number of hydrazone groups is 1. The molecule has 2 aliphatic rings. The molecular formula is C32H34BrN3O4. The zero-order chi connectivity index (χ0) is 27.8. The summed E-state index contributed by atoms with van der Waals surface area (Å²) in [6.45, 7) is 2.76. The molecule has 2 aliphatic heterocycles. The van der Waals surface area contributed by atoms with Crippen molar-refractivity contribution < 1.29 is 18.9 Å². The molecule has 0 radical (unpaired) electrons. The summed E-state index contributed by atoms with van der Waals surface area (Å²) in [6, 6.07) is 19.5. The van der Waals surface area contributed by atoms with Crippen molar-refractivity contribution in [1.82, 2.24) is 9.91 Å². The molecule has 4 aromatic rings. The first-order valence-electron chi connectivity index (χ1n) is 13.6. The standard InChI is InChI=1S/C32H34BrN3O4/c1-37-28-13-22-23-14-29(38-2)31(40-4)16-25(23)32(33)26(24(22)15-30(28)39-3)18-35-12-8-11-21(35)17-34-36-19-27(36)20-9-6-5-7-10-20/h5-7,9-10,13-17,21,27H,8,11-12,18-19H2,1-4H3/b34-17+/t21-,27?,36?/m0/s1. The van der Waals surface area contributed by atoms with Crippen molar-refractivity contribution in [2.45, 2.75) is 31.5 Å². The van der Waals surface area contributed by atoms with Crippen LogP contribution in [0.4, 0.5) is 0 Å². The molecule has 0 N–H and O–H groups in total. The van der Waals surface area contributed by atoms with Crippen molar-refractivity contribution in [3.63, 3.8) is 0 Å². The molecule has 40 heavy (non-hydrogen) atoms. The molecule has 2 atom stereocenters. The highest BCUT2D eigenvalue weighted by Gasteiger charge is 2.35. The number of hydrogen-bond acceptors (Lipinski definition) is 7. The summed E-state index contributed by atoms with van der Waals surface area (Å²) in [6.07, 6.45) is 4.38. The van der Waals surface area contributed by atoms with E-state index in [1.807, 2.05) is 12.1 Å². The highest BCUT2D eigenvalue weighted by atomic mass is 79.9. The Labute approximate surface area is 243 Å². The van der Waals surface area contributed by atoms with E-state index in [-0.39, 0.29) is 6.04 Å². The van der Waals surface area contributed by atoms with Crippen LogP contribution in [0.1, 0.15) is 30.0 Å². The Balaban J connectivity index is 1.38. The van der Waals surface area contributed by atoms with Gasteiger partial charge in [0.25, 0.3) is 0 Å². The molecule has 2 heterocycles. The molecular weight excluding hydrogens is 570 g/mol. The molecule has 0 aromatic heterocycles. The van der Waals surface area contributed by atoms with E-state index in [4.69, 9.17) is 24.0 Å². The molecule has 0 amide bonds. The van der Waals surface area contributed by atoms with E-state index in [9.17, 15) is 0 Å². The largest absolute Gasteiger partial charge is 0.493 e. The van der Waals surface area contributed by atoms with Crippen molar-refractivity contribution >= 4 is 43.7 Å². The summed E-state index contributed by atoms with van der Waals surface area (Å²) < 4.78 is 23.8. The van der Waals surface area contributed by atoms with Crippen LogP contribution in [-0.4, -0.2) is 63.7 Å². The Bertz CT molecular complexity index is 1580. The fourth-order valence-electron chi connectivity index (χ4n) is 5.86. The second-order valence-corrected chi connectivity index (χ2v) is 11.1. The highest BCUT2D eigenvalue weighted by molar-refractivity contribution is 9.10. The van der Waals surface area contributed by atoms with Gasteiger partial charge in [-0.1, -0.05) is 30.3 Å². The van der Waals surface area contributed by atoms with Crippen molar-refractivity contribution in [2.24, 2.45) is 5.10 Å². The average molecular weight is 605 g/mol. The fourth-order valence-corrected chi connectivity index (χ4v) is 6.53. The van der Waals surface area contributed by atoms with E-state index in [1.54, 1.807) is 28.4 Å². The third-order valence-electron chi connectivity index (χ3n) is 8.10. The third kappa shape index (κ3) is 4.84. The van der Waals surface area contributed by atoms with Gasteiger partial charge >= 0.3 is 0 Å². The van der Waals surface area contributed by atoms with Gasteiger partial charge in [0.15, 0.2) is 23.0 Å². The minimum absolute atomic E-state index is 0.278. The summed E-state index contributed by atoms with van der Waals surface area (Å²) in [7, 11) is 6.67. The molecule has 0 spiro atoms. The summed E-state index contributed by atoms with van der Waals surface area (Å²) >= 11 is 3.99. The van der Waals surface area contributed by atoms with Crippen LogP contribution in [-0.2, 0) is 6.54 Å². The van der Waals surface area contributed by atoms with Crippen molar-refractivity contribution in [1.29, 1.82) is 0 Å². The number of rotatable bonds is 9. The summed E-state index contributed by atoms with van der Waals surface area (Å²) in [5.74, 6) is 2.78. The van der Waals surface area contributed by atoms with E-state index >= 15 is 0 Å². The minimum Gasteiger partial charge on any atom is -0.493 e. The Hall–Kier alpha value is -3.49. The Morgan fingerprint density at radius 3 is 2.02 bits per heavy atom. The first kappa shape index (κ1) is 26.7. The number of halogens is 1. The molecule has 7 nitrogen and oxygen atoms in total. The number of hydrogen-bond donors (Lipinski definition) is 0. The lowest BCUT2D eigenvalue weighted by Crippen LogP contribution is -2.30. The van der Waals surface area contributed by atoms with Gasteiger partial charge in [-0.3, -0.25) is 9.91 Å². The predicted octanol–water partition coefficient (Wildman–Crippen LogP) is 6.80. The van der Waals surface area contributed by atoms with E-state index in [0.29, 0.717) is 29.0 Å². The lowest BCUT2D eigenvalue weighted by molar-refractivity contribution is 0.296. The van der Waals surface area contributed by atoms with Gasteiger partial charge in [-0.2, -0.15) is 5.10 Å². The first-order valence-corrected chi connectivity index (χ1v) is 14.4. The molecule has 0 bridgehead atoms. The maximum absolute atomic E-state index is 5.72. The van der Waals surface area contributed by atoms with Gasteiger partial charge in [-0.25, -0.2) is 0 Å². The topological polar surface area (TPSA) is 55.5 Å². The highest BCUT2D eigenvalue weighted by Crippen LogP contribution is 2.45. The zero-order valence-corrected chi connectivity index (χ0v) is 24.9. The minimum atomic E-state index is 0.278. The zero-order valence-electron chi connectivity index (χ0n) is 23.3. The van der Waals surface area contributed by atoms with E-state index in [0.717, 1.165) is 58.5 Å². The number of fused-ring (bicyclic) bond motifs is 3. The van der Waals surface area contributed by atoms with Gasteiger partial charge < -0.3 is 18.9 Å². The smallest absolute Gasteiger partial charge is 0.161 e. The van der Waals surface area contributed by atoms with Gasteiger partial charge in [0.1, 0.15) is 0 Å². The second-order valence-electron chi connectivity index (χ2n) is 10.3. The van der Waals surface area contributed by atoms with Crippen molar-refractivity contribution in [2.75, 3.05) is 41.5 Å². The lowest BCUT2D eigenvalue weighted by atomic mass is 9.95. The van der Waals surface area contributed by atoms with Crippen molar-refractivity contribution in [3.8, 4) is 23.0 Å². The maximum Gasteiger partial charge on any atom is 0.161 e.